The second-order valence-electron chi connectivity index (χ2n) is 1.78. The maximum absolute atomic E-state index is 11.4. The molecule has 0 unspecified atom stereocenters. The Morgan fingerprint density at radius 2 is 1.91 bits per heavy atom. The predicted octanol–water partition coefficient (Wildman–Crippen LogP) is 1.80. The molecular weight excluding hydrogens is 155 g/mol. The van der Waals surface area contributed by atoms with E-state index in [1.54, 1.807) is 0 Å². The number of allylic oxidation sites excluding steroid dienone is 1. The molecule has 0 aromatic carbocycles. The van der Waals surface area contributed by atoms with Gasteiger partial charge in [0.25, 0.3) is 0 Å². The quantitative estimate of drug-likeness (QED) is 0.586. The van der Waals surface area contributed by atoms with Crippen molar-refractivity contribution >= 4 is 0 Å². The van der Waals surface area contributed by atoms with Crippen molar-refractivity contribution in [2.24, 2.45) is 5.73 Å². The molecule has 4 heteroatoms. The van der Waals surface area contributed by atoms with E-state index in [1.165, 1.54) is 12.3 Å². The molecule has 0 aliphatic heterocycles. The van der Waals surface area contributed by atoms with Crippen molar-refractivity contribution in [3.63, 3.8) is 0 Å². The molecule has 2 N–H and O–H groups in total. The van der Waals surface area contributed by atoms with Crippen LogP contribution in [0.4, 0.5) is 13.2 Å². The number of hydrogen-bond acceptors (Lipinski definition) is 1. The molecule has 62 valence electrons. The SMILES string of the molecule is N/C=C\CC#CCC(F)(F)F. The second-order valence-corrected chi connectivity index (χ2v) is 1.78. The lowest BCUT2D eigenvalue weighted by molar-refractivity contribution is -0.123. The van der Waals surface area contributed by atoms with Crippen molar-refractivity contribution in [1.82, 2.24) is 0 Å². The van der Waals surface area contributed by atoms with Crippen LogP contribution in [0.3, 0.4) is 0 Å². The molecule has 11 heavy (non-hydrogen) atoms. The zero-order valence-electron chi connectivity index (χ0n) is 5.78. The van der Waals surface area contributed by atoms with Crippen LogP contribution in [-0.4, -0.2) is 6.18 Å². The van der Waals surface area contributed by atoms with E-state index in [4.69, 9.17) is 5.73 Å². The minimum absolute atomic E-state index is 0.270. The molecule has 0 fully saturated rings. The molecule has 0 aliphatic carbocycles. The summed E-state index contributed by atoms with van der Waals surface area (Å²) in [5.41, 5.74) is 4.93. The van der Waals surface area contributed by atoms with Gasteiger partial charge < -0.3 is 5.73 Å². The fourth-order valence-corrected chi connectivity index (χ4v) is 0.362. The van der Waals surface area contributed by atoms with Crippen LogP contribution in [0.2, 0.25) is 0 Å². The molecule has 0 aromatic heterocycles. The topological polar surface area (TPSA) is 26.0 Å². The van der Waals surface area contributed by atoms with E-state index in [-0.39, 0.29) is 6.42 Å². The normalized spacial score (nSPS) is 11.2. The molecule has 0 saturated carbocycles. The van der Waals surface area contributed by atoms with Crippen LogP contribution in [0.25, 0.3) is 0 Å². The Morgan fingerprint density at radius 1 is 1.27 bits per heavy atom. The Hall–Kier alpha value is -1.11. The zero-order valence-corrected chi connectivity index (χ0v) is 5.78. The fraction of sp³-hybridized carbons (Fsp3) is 0.429. The second kappa shape index (κ2) is 4.67. The van der Waals surface area contributed by atoms with Crippen LogP contribution in [-0.2, 0) is 0 Å². The standard InChI is InChI=1S/C7H8F3N/c8-7(9,10)5-3-1-2-4-6-11/h4,6H,2,5,11H2/b6-4-. The summed E-state index contributed by atoms with van der Waals surface area (Å²) >= 11 is 0. The van der Waals surface area contributed by atoms with Crippen molar-refractivity contribution in [3.8, 4) is 11.8 Å². The first-order valence-corrected chi connectivity index (χ1v) is 2.95. The molecule has 0 spiro atoms. The summed E-state index contributed by atoms with van der Waals surface area (Å²) in [6.07, 6.45) is -2.22. The van der Waals surface area contributed by atoms with Crippen molar-refractivity contribution in [1.29, 1.82) is 0 Å². The summed E-state index contributed by atoms with van der Waals surface area (Å²) in [4.78, 5) is 0. The van der Waals surface area contributed by atoms with Gasteiger partial charge in [-0.15, -0.1) is 0 Å². The molecular formula is C7H8F3N. The molecule has 0 amide bonds. The highest BCUT2D eigenvalue weighted by Gasteiger charge is 2.24. The Bertz CT molecular complexity index is 182. The molecule has 0 rings (SSSR count). The van der Waals surface area contributed by atoms with E-state index in [0.29, 0.717) is 0 Å². The lowest BCUT2D eigenvalue weighted by atomic mass is 10.3. The van der Waals surface area contributed by atoms with E-state index < -0.39 is 12.6 Å². The third kappa shape index (κ3) is 8.89. The lowest BCUT2D eigenvalue weighted by Crippen LogP contribution is -2.04. The lowest BCUT2D eigenvalue weighted by Gasteiger charge is -1.97. The van der Waals surface area contributed by atoms with E-state index >= 15 is 0 Å². The van der Waals surface area contributed by atoms with Crippen LogP contribution in [0.5, 0.6) is 0 Å². The third-order valence-corrected chi connectivity index (χ3v) is 0.770. The summed E-state index contributed by atoms with van der Waals surface area (Å²) in [5.74, 6) is 4.28. The van der Waals surface area contributed by atoms with E-state index in [2.05, 4.69) is 5.92 Å². The van der Waals surface area contributed by atoms with Crippen molar-refractivity contribution in [2.75, 3.05) is 0 Å². The summed E-state index contributed by atoms with van der Waals surface area (Å²) in [6.45, 7) is 0. The molecule has 0 heterocycles. The average Bonchev–Trinajstić information content (AvgIpc) is 1.85. The Morgan fingerprint density at radius 3 is 2.36 bits per heavy atom. The Labute approximate surface area is 63.1 Å². The van der Waals surface area contributed by atoms with Gasteiger partial charge in [0.05, 0.1) is 0 Å². The minimum Gasteiger partial charge on any atom is -0.405 e. The fourth-order valence-electron chi connectivity index (χ4n) is 0.362. The summed E-state index contributed by atoms with van der Waals surface area (Å²) in [6, 6.07) is 0. The number of nitrogens with two attached hydrogens (primary N) is 1. The van der Waals surface area contributed by atoms with Crippen LogP contribution < -0.4 is 5.73 Å². The van der Waals surface area contributed by atoms with Gasteiger partial charge in [-0.1, -0.05) is 17.9 Å². The van der Waals surface area contributed by atoms with Crippen molar-refractivity contribution in [2.45, 2.75) is 19.0 Å². The molecule has 0 radical (unpaired) electrons. The van der Waals surface area contributed by atoms with Gasteiger partial charge in [0, 0.05) is 6.42 Å². The molecule has 0 aliphatic rings. The highest BCUT2D eigenvalue weighted by molar-refractivity contribution is 5.04. The number of halogens is 3. The number of rotatable bonds is 1. The molecule has 1 nitrogen and oxygen atoms in total. The first-order valence-electron chi connectivity index (χ1n) is 2.95. The largest absolute Gasteiger partial charge is 0.405 e. The van der Waals surface area contributed by atoms with Crippen LogP contribution in [0.15, 0.2) is 12.3 Å². The van der Waals surface area contributed by atoms with Crippen molar-refractivity contribution < 1.29 is 13.2 Å². The zero-order chi connectivity index (χ0) is 8.74. The van der Waals surface area contributed by atoms with Crippen molar-refractivity contribution in [3.05, 3.63) is 12.3 Å². The van der Waals surface area contributed by atoms with Crippen LogP contribution in [0.1, 0.15) is 12.8 Å². The smallest absolute Gasteiger partial charge is 0.399 e. The van der Waals surface area contributed by atoms with Gasteiger partial charge >= 0.3 is 6.18 Å². The van der Waals surface area contributed by atoms with E-state index in [0.717, 1.165) is 0 Å². The monoisotopic (exact) mass is 163 g/mol. The third-order valence-electron chi connectivity index (χ3n) is 0.770. The van der Waals surface area contributed by atoms with Gasteiger partial charge in [-0.3, -0.25) is 0 Å². The number of hydrogen-bond donors (Lipinski definition) is 1. The van der Waals surface area contributed by atoms with Gasteiger partial charge in [-0.05, 0) is 6.20 Å². The maximum Gasteiger partial charge on any atom is 0.399 e. The minimum atomic E-state index is -4.18. The first kappa shape index (κ1) is 9.89. The first-order chi connectivity index (χ1) is 5.06. The molecule has 0 saturated heterocycles. The highest BCUT2D eigenvalue weighted by Crippen LogP contribution is 2.17. The van der Waals surface area contributed by atoms with Gasteiger partial charge in [0.15, 0.2) is 0 Å². The van der Waals surface area contributed by atoms with Gasteiger partial charge in [-0.25, -0.2) is 0 Å². The summed E-state index contributed by atoms with van der Waals surface area (Å²) < 4.78 is 34.3. The molecule has 0 atom stereocenters. The van der Waals surface area contributed by atoms with Gasteiger partial charge in [0.1, 0.15) is 6.42 Å². The summed E-state index contributed by atoms with van der Waals surface area (Å²) in [7, 11) is 0. The molecule has 0 bridgehead atoms. The highest BCUT2D eigenvalue weighted by atomic mass is 19.4. The summed E-state index contributed by atoms with van der Waals surface area (Å²) in [5, 5.41) is 0. The molecule has 0 aromatic rings. The average molecular weight is 163 g/mol. The maximum atomic E-state index is 11.4. The van der Waals surface area contributed by atoms with Crippen LogP contribution in [0, 0.1) is 11.8 Å². The predicted molar refractivity (Wildman–Crippen MR) is 36.4 cm³/mol. The van der Waals surface area contributed by atoms with Gasteiger partial charge in [0.2, 0.25) is 0 Å². The van der Waals surface area contributed by atoms with E-state index in [9.17, 15) is 13.2 Å². The van der Waals surface area contributed by atoms with Gasteiger partial charge in [-0.2, -0.15) is 13.2 Å². The van der Waals surface area contributed by atoms with E-state index in [1.807, 2.05) is 5.92 Å². The van der Waals surface area contributed by atoms with Crippen LogP contribution >= 0.6 is 0 Å². The Balaban J connectivity index is 3.57. The number of alkyl halides is 3. The Kier molecular flexibility index (Phi) is 4.20.